The molecule has 0 aromatic carbocycles. The molecular weight excluding hydrogens is 264 g/mol. The van der Waals surface area contributed by atoms with Gasteiger partial charge in [0.15, 0.2) is 5.65 Å². The van der Waals surface area contributed by atoms with Crippen molar-refractivity contribution in [2.45, 2.75) is 58.2 Å². The molecule has 5 nitrogen and oxygen atoms in total. The summed E-state index contributed by atoms with van der Waals surface area (Å²) in [6.07, 6.45) is 7.40. The minimum Gasteiger partial charge on any atom is -0.381 e. The molecule has 2 aromatic rings. The first-order valence-corrected chi connectivity index (χ1v) is 7.88. The molecule has 1 saturated heterocycles. The van der Waals surface area contributed by atoms with Crippen molar-refractivity contribution in [2.75, 3.05) is 11.9 Å². The number of aromatic nitrogens is 3. The number of fused-ring (bicyclic) bond motifs is 1. The molecule has 0 spiro atoms. The number of rotatable bonds is 4. The highest BCUT2D eigenvalue weighted by molar-refractivity contribution is 5.78. The van der Waals surface area contributed by atoms with E-state index in [4.69, 9.17) is 4.74 Å². The third-order valence-corrected chi connectivity index (χ3v) is 4.12. The van der Waals surface area contributed by atoms with E-state index in [0.717, 1.165) is 42.6 Å². The minimum atomic E-state index is 0.328. The predicted octanol–water partition coefficient (Wildman–Crippen LogP) is 3.38. The summed E-state index contributed by atoms with van der Waals surface area (Å²) in [7, 11) is 0. The number of ether oxygens (including phenoxy) is 1. The lowest BCUT2D eigenvalue weighted by atomic mass is 10.0. The molecule has 1 aliphatic rings. The molecule has 114 valence electrons. The van der Waals surface area contributed by atoms with Crippen LogP contribution < -0.4 is 5.32 Å². The maximum Gasteiger partial charge on any atom is 0.158 e. The van der Waals surface area contributed by atoms with Crippen LogP contribution >= 0.6 is 0 Å². The van der Waals surface area contributed by atoms with Crippen LogP contribution in [-0.4, -0.2) is 33.5 Å². The van der Waals surface area contributed by atoms with Crippen LogP contribution in [0.5, 0.6) is 0 Å². The summed E-state index contributed by atoms with van der Waals surface area (Å²) < 4.78 is 7.69. The zero-order valence-electron chi connectivity index (χ0n) is 13.0. The lowest BCUT2D eigenvalue weighted by Crippen LogP contribution is -2.33. The molecule has 0 saturated carbocycles. The standard InChI is InChI=1S/C16H24N4O/c1-4-15-8-13(5-6-21-15)19-14-7-12-9-18-20(11(2)3)16(12)17-10-14/h7,9-11,13,15,19H,4-6,8H2,1-3H3. The number of hydrogen-bond acceptors (Lipinski definition) is 4. The zero-order chi connectivity index (χ0) is 14.8. The Bertz CT molecular complexity index is 607. The van der Waals surface area contributed by atoms with Gasteiger partial charge in [-0.25, -0.2) is 9.67 Å². The molecule has 5 heteroatoms. The van der Waals surface area contributed by atoms with Gasteiger partial charge in [-0.05, 0) is 39.2 Å². The Hall–Kier alpha value is -1.62. The normalized spacial score (nSPS) is 22.9. The average molecular weight is 288 g/mol. The van der Waals surface area contributed by atoms with Gasteiger partial charge in [0.1, 0.15) is 0 Å². The third kappa shape index (κ3) is 3.02. The van der Waals surface area contributed by atoms with Gasteiger partial charge in [-0.1, -0.05) is 6.92 Å². The molecular formula is C16H24N4O. The first-order valence-electron chi connectivity index (χ1n) is 7.88. The summed E-state index contributed by atoms with van der Waals surface area (Å²) in [5.41, 5.74) is 2.03. The fourth-order valence-electron chi connectivity index (χ4n) is 2.93. The first kappa shape index (κ1) is 14.3. The molecule has 0 amide bonds. The maximum absolute atomic E-state index is 5.73. The van der Waals surface area contributed by atoms with Gasteiger partial charge in [0.05, 0.1) is 24.2 Å². The lowest BCUT2D eigenvalue weighted by molar-refractivity contribution is 0.00925. The van der Waals surface area contributed by atoms with Gasteiger partial charge in [0, 0.05) is 24.1 Å². The van der Waals surface area contributed by atoms with Gasteiger partial charge in [0.25, 0.3) is 0 Å². The first-order chi connectivity index (χ1) is 10.2. The Morgan fingerprint density at radius 1 is 1.43 bits per heavy atom. The van der Waals surface area contributed by atoms with Crippen LogP contribution in [0.25, 0.3) is 11.0 Å². The number of anilines is 1. The smallest absolute Gasteiger partial charge is 0.158 e. The summed E-state index contributed by atoms with van der Waals surface area (Å²) in [5, 5.41) is 9.10. The van der Waals surface area contributed by atoms with Crippen LogP contribution in [0.3, 0.4) is 0 Å². The van der Waals surface area contributed by atoms with Crippen LogP contribution in [0.1, 0.15) is 46.1 Å². The molecule has 2 atom stereocenters. The second-order valence-corrected chi connectivity index (χ2v) is 6.09. The van der Waals surface area contributed by atoms with Crippen molar-refractivity contribution in [1.82, 2.24) is 14.8 Å². The summed E-state index contributed by atoms with van der Waals surface area (Å²) in [6.45, 7) is 7.26. The number of nitrogens with one attached hydrogen (secondary N) is 1. The van der Waals surface area contributed by atoms with Crippen molar-refractivity contribution in [3.05, 3.63) is 18.5 Å². The molecule has 1 aliphatic heterocycles. The molecule has 3 heterocycles. The largest absolute Gasteiger partial charge is 0.381 e. The van der Waals surface area contributed by atoms with E-state index in [2.05, 4.69) is 42.2 Å². The highest BCUT2D eigenvalue weighted by Crippen LogP contribution is 2.23. The van der Waals surface area contributed by atoms with Gasteiger partial charge in [-0.2, -0.15) is 5.10 Å². The number of nitrogens with zero attached hydrogens (tertiary/aromatic N) is 3. The topological polar surface area (TPSA) is 52.0 Å². The monoisotopic (exact) mass is 288 g/mol. The quantitative estimate of drug-likeness (QED) is 0.937. The number of hydrogen-bond donors (Lipinski definition) is 1. The fourth-order valence-corrected chi connectivity index (χ4v) is 2.93. The van der Waals surface area contributed by atoms with Crippen molar-refractivity contribution in [3.8, 4) is 0 Å². The summed E-state index contributed by atoms with van der Waals surface area (Å²) in [6, 6.07) is 2.95. The molecule has 1 N–H and O–H groups in total. The zero-order valence-corrected chi connectivity index (χ0v) is 13.0. The summed E-state index contributed by atoms with van der Waals surface area (Å²) in [5.74, 6) is 0. The van der Waals surface area contributed by atoms with E-state index in [1.807, 2.05) is 17.1 Å². The maximum atomic E-state index is 5.73. The molecule has 0 bridgehead atoms. The average Bonchev–Trinajstić information content (AvgIpc) is 2.90. The van der Waals surface area contributed by atoms with E-state index in [-0.39, 0.29) is 0 Å². The van der Waals surface area contributed by atoms with E-state index in [1.165, 1.54) is 0 Å². The van der Waals surface area contributed by atoms with Gasteiger partial charge < -0.3 is 10.1 Å². The van der Waals surface area contributed by atoms with Gasteiger partial charge in [-0.3, -0.25) is 0 Å². The van der Waals surface area contributed by atoms with Crippen LogP contribution in [0, 0.1) is 0 Å². The highest BCUT2D eigenvalue weighted by atomic mass is 16.5. The Kier molecular flexibility index (Phi) is 4.10. The Morgan fingerprint density at radius 2 is 2.29 bits per heavy atom. The van der Waals surface area contributed by atoms with Crippen LogP contribution in [-0.2, 0) is 4.74 Å². The second-order valence-electron chi connectivity index (χ2n) is 6.09. The Morgan fingerprint density at radius 3 is 3.05 bits per heavy atom. The van der Waals surface area contributed by atoms with Crippen molar-refractivity contribution in [2.24, 2.45) is 0 Å². The minimum absolute atomic E-state index is 0.328. The van der Waals surface area contributed by atoms with Crippen LogP contribution in [0.4, 0.5) is 5.69 Å². The number of pyridine rings is 1. The van der Waals surface area contributed by atoms with Gasteiger partial charge in [-0.15, -0.1) is 0 Å². The van der Waals surface area contributed by atoms with E-state index in [0.29, 0.717) is 18.2 Å². The van der Waals surface area contributed by atoms with Gasteiger partial charge in [0.2, 0.25) is 0 Å². The van der Waals surface area contributed by atoms with Crippen molar-refractivity contribution in [3.63, 3.8) is 0 Å². The van der Waals surface area contributed by atoms with Crippen LogP contribution in [0.15, 0.2) is 18.5 Å². The molecule has 2 unspecified atom stereocenters. The predicted molar refractivity (Wildman–Crippen MR) is 84.6 cm³/mol. The second kappa shape index (κ2) is 6.02. The third-order valence-electron chi connectivity index (χ3n) is 4.12. The van der Waals surface area contributed by atoms with E-state index in [1.54, 1.807) is 0 Å². The Labute approximate surface area is 125 Å². The molecule has 2 aromatic heterocycles. The van der Waals surface area contributed by atoms with Crippen molar-refractivity contribution < 1.29 is 4.74 Å². The summed E-state index contributed by atoms with van der Waals surface area (Å²) in [4.78, 5) is 4.57. The van der Waals surface area contributed by atoms with Crippen LogP contribution in [0.2, 0.25) is 0 Å². The van der Waals surface area contributed by atoms with Crippen molar-refractivity contribution >= 4 is 16.7 Å². The molecule has 3 rings (SSSR count). The Balaban J connectivity index is 1.75. The SMILES string of the molecule is CCC1CC(Nc2cnc3c(cnn3C(C)C)c2)CCO1. The van der Waals surface area contributed by atoms with E-state index < -0.39 is 0 Å². The summed E-state index contributed by atoms with van der Waals surface area (Å²) >= 11 is 0. The molecule has 21 heavy (non-hydrogen) atoms. The molecule has 1 fully saturated rings. The van der Waals surface area contributed by atoms with Crippen molar-refractivity contribution in [1.29, 1.82) is 0 Å². The fraction of sp³-hybridized carbons (Fsp3) is 0.625. The van der Waals surface area contributed by atoms with E-state index in [9.17, 15) is 0 Å². The molecule has 0 aliphatic carbocycles. The molecule has 0 radical (unpaired) electrons. The van der Waals surface area contributed by atoms with Gasteiger partial charge >= 0.3 is 0 Å². The van der Waals surface area contributed by atoms with E-state index >= 15 is 0 Å². The highest BCUT2D eigenvalue weighted by Gasteiger charge is 2.21. The lowest BCUT2D eigenvalue weighted by Gasteiger charge is -2.30.